The molecule has 2 rings (SSSR count). The van der Waals surface area contributed by atoms with E-state index in [2.05, 4.69) is 32.9 Å². The van der Waals surface area contributed by atoms with Crippen molar-refractivity contribution in [2.24, 2.45) is 5.92 Å². The third-order valence-electron chi connectivity index (χ3n) is 5.86. The Balaban J connectivity index is 1.66. The van der Waals surface area contributed by atoms with Crippen LogP contribution in [-0.4, -0.2) is 19.2 Å². The van der Waals surface area contributed by atoms with Crippen LogP contribution in [0.1, 0.15) is 88.9 Å². The summed E-state index contributed by atoms with van der Waals surface area (Å²) in [5.74, 6) is 2.40. The van der Waals surface area contributed by atoms with E-state index < -0.39 is 0 Å². The minimum atomic E-state index is -0.385. The zero-order chi connectivity index (χ0) is 24.4. The Kier molecular flexibility index (Phi) is 13.6. The van der Waals surface area contributed by atoms with Crippen LogP contribution >= 0.6 is 0 Å². The molecule has 0 saturated heterocycles. The standard InChI is InChI=1S/C30H42O4/c1-4-6-7-8-9-10-11-12-23-32-28-19-21-29(22-20-28)34-30(31)26-15-17-27(18-16-26)33-24-13-14-25(3)5-2/h8-9,15-22,25H,4-7,10-14,23-24H2,1-3H3/b9-8-/t25-/m0/s1. The van der Waals surface area contributed by atoms with Gasteiger partial charge in [0.1, 0.15) is 17.2 Å². The molecule has 0 radical (unpaired) electrons. The summed E-state index contributed by atoms with van der Waals surface area (Å²) >= 11 is 0. The molecule has 0 bridgehead atoms. The maximum absolute atomic E-state index is 12.4. The summed E-state index contributed by atoms with van der Waals surface area (Å²) in [6.45, 7) is 8.07. The number of carbonyl (C=O) groups excluding carboxylic acids is 1. The van der Waals surface area contributed by atoms with Gasteiger partial charge in [-0.1, -0.05) is 52.2 Å². The number of unbranched alkanes of at least 4 members (excludes halogenated alkanes) is 4. The van der Waals surface area contributed by atoms with Crippen LogP contribution in [-0.2, 0) is 0 Å². The van der Waals surface area contributed by atoms with Crippen LogP contribution in [0.2, 0.25) is 0 Å². The first-order chi connectivity index (χ1) is 16.6. The van der Waals surface area contributed by atoms with Crippen LogP contribution in [0.5, 0.6) is 17.2 Å². The van der Waals surface area contributed by atoms with E-state index in [1.54, 1.807) is 24.3 Å². The number of benzene rings is 2. The lowest BCUT2D eigenvalue weighted by Gasteiger charge is -2.10. The zero-order valence-corrected chi connectivity index (χ0v) is 21.3. The molecule has 0 aromatic heterocycles. The summed E-state index contributed by atoms with van der Waals surface area (Å²) in [5, 5.41) is 0. The maximum atomic E-state index is 12.4. The van der Waals surface area contributed by atoms with Gasteiger partial charge in [-0.05, 0) is 93.0 Å². The maximum Gasteiger partial charge on any atom is 0.343 e. The van der Waals surface area contributed by atoms with Gasteiger partial charge < -0.3 is 14.2 Å². The third-order valence-corrected chi connectivity index (χ3v) is 5.86. The van der Waals surface area contributed by atoms with E-state index in [9.17, 15) is 4.79 Å². The van der Waals surface area contributed by atoms with E-state index in [1.165, 1.54) is 32.1 Å². The highest BCUT2D eigenvalue weighted by Crippen LogP contribution is 2.20. The highest BCUT2D eigenvalue weighted by atomic mass is 16.5. The molecule has 0 spiro atoms. The monoisotopic (exact) mass is 466 g/mol. The predicted octanol–water partition coefficient (Wildman–Crippen LogP) is 8.41. The van der Waals surface area contributed by atoms with Crippen molar-refractivity contribution in [1.29, 1.82) is 0 Å². The van der Waals surface area contributed by atoms with Crippen molar-refractivity contribution in [3.8, 4) is 17.2 Å². The van der Waals surface area contributed by atoms with Crippen molar-refractivity contribution in [3.05, 3.63) is 66.2 Å². The lowest BCUT2D eigenvalue weighted by atomic mass is 10.0. The van der Waals surface area contributed by atoms with Gasteiger partial charge in [0.25, 0.3) is 0 Å². The van der Waals surface area contributed by atoms with Crippen molar-refractivity contribution in [1.82, 2.24) is 0 Å². The average Bonchev–Trinajstić information content (AvgIpc) is 2.86. The first kappa shape index (κ1) is 27.5. The number of hydrogen-bond donors (Lipinski definition) is 0. The molecule has 1 atom stereocenters. The average molecular weight is 467 g/mol. The summed E-state index contributed by atoms with van der Waals surface area (Å²) in [4.78, 5) is 12.4. The number of allylic oxidation sites excluding steroid dienone is 2. The van der Waals surface area contributed by atoms with Gasteiger partial charge >= 0.3 is 5.97 Å². The summed E-state index contributed by atoms with van der Waals surface area (Å²) in [6, 6.07) is 14.3. The highest BCUT2D eigenvalue weighted by molar-refractivity contribution is 5.91. The lowest BCUT2D eigenvalue weighted by molar-refractivity contribution is 0.0734. The smallest absolute Gasteiger partial charge is 0.343 e. The Morgan fingerprint density at radius 1 is 0.765 bits per heavy atom. The number of rotatable bonds is 17. The minimum absolute atomic E-state index is 0.385. The number of hydrogen-bond acceptors (Lipinski definition) is 4. The highest BCUT2D eigenvalue weighted by Gasteiger charge is 2.09. The van der Waals surface area contributed by atoms with E-state index in [0.29, 0.717) is 24.5 Å². The fourth-order valence-electron chi connectivity index (χ4n) is 3.40. The Morgan fingerprint density at radius 2 is 1.32 bits per heavy atom. The second-order valence-electron chi connectivity index (χ2n) is 8.85. The Hall–Kier alpha value is -2.75. The second kappa shape index (κ2) is 16.8. The molecule has 0 fully saturated rings. The Bertz CT molecular complexity index is 824. The van der Waals surface area contributed by atoms with Gasteiger partial charge in [-0.2, -0.15) is 0 Å². The zero-order valence-electron chi connectivity index (χ0n) is 21.3. The van der Waals surface area contributed by atoms with Crippen LogP contribution in [0.3, 0.4) is 0 Å². The lowest BCUT2D eigenvalue weighted by Crippen LogP contribution is -2.08. The van der Waals surface area contributed by atoms with E-state index in [0.717, 1.165) is 43.1 Å². The van der Waals surface area contributed by atoms with Crippen LogP contribution in [0.25, 0.3) is 0 Å². The third kappa shape index (κ3) is 11.4. The molecule has 186 valence electrons. The molecule has 0 aliphatic rings. The summed E-state index contributed by atoms with van der Waals surface area (Å²) in [7, 11) is 0. The summed E-state index contributed by atoms with van der Waals surface area (Å²) in [6.07, 6.45) is 14.9. The first-order valence-corrected chi connectivity index (χ1v) is 12.9. The van der Waals surface area contributed by atoms with Gasteiger partial charge in [-0.25, -0.2) is 4.79 Å². The van der Waals surface area contributed by atoms with Crippen LogP contribution in [0.4, 0.5) is 0 Å². The molecule has 0 N–H and O–H groups in total. The first-order valence-electron chi connectivity index (χ1n) is 12.9. The van der Waals surface area contributed by atoms with Gasteiger partial charge in [0, 0.05) is 0 Å². The number of esters is 1. The van der Waals surface area contributed by atoms with Gasteiger partial charge in [0.15, 0.2) is 0 Å². The second-order valence-corrected chi connectivity index (χ2v) is 8.85. The molecule has 0 aliphatic heterocycles. The van der Waals surface area contributed by atoms with Gasteiger partial charge in [-0.3, -0.25) is 0 Å². The molecule has 2 aromatic rings. The quantitative estimate of drug-likeness (QED) is 0.102. The van der Waals surface area contributed by atoms with Crippen molar-refractivity contribution in [2.45, 2.75) is 78.6 Å². The molecule has 0 unspecified atom stereocenters. The fourth-order valence-corrected chi connectivity index (χ4v) is 3.40. The van der Waals surface area contributed by atoms with Crippen molar-refractivity contribution >= 4 is 5.97 Å². The van der Waals surface area contributed by atoms with Crippen LogP contribution in [0.15, 0.2) is 60.7 Å². The molecule has 34 heavy (non-hydrogen) atoms. The molecule has 0 saturated carbocycles. The summed E-state index contributed by atoms with van der Waals surface area (Å²) in [5.41, 5.74) is 0.496. The predicted molar refractivity (Wildman–Crippen MR) is 140 cm³/mol. The topological polar surface area (TPSA) is 44.8 Å². The molecule has 0 aliphatic carbocycles. The number of ether oxygens (including phenoxy) is 3. The summed E-state index contributed by atoms with van der Waals surface area (Å²) < 4.78 is 17.0. The van der Waals surface area contributed by atoms with E-state index >= 15 is 0 Å². The van der Waals surface area contributed by atoms with E-state index in [4.69, 9.17) is 14.2 Å². The molecule has 0 heterocycles. The Labute approximate surface area is 206 Å². The van der Waals surface area contributed by atoms with Crippen molar-refractivity contribution in [3.63, 3.8) is 0 Å². The van der Waals surface area contributed by atoms with Gasteiger partial charge in [0.05, 0.1) is 18.8 Å². The van der Waals surface area contributed by atoms with E-state index in [-0.39, 0.29) is 5.97 Å². The molecular weight excluding hydrogens is 424 g/mol. The van der Waals surface area contributed by atoms with Crippen molar-refractivity contribution in [2.75, 3.05) is 13.2 Å². The molecule has 4 heteroatoms. The van der Waals surface area contributed by atoms with Gasteiger partial charge in [-0.15, -0.1) is 0 Å². The largest absolute Gasteiger partial charge is 0.494 e. The minimum Gasteiger partial charge on any atom is -0.494 e. The normalized spacial score (nSPS) is 12.0. The molecule has 4 nitrogen and oxygen atoms in total. The Morgan fingerprint density at radius 3 is 1.94 bits per heavy atom. The van der Waals surface area contributed by atoms with Gasteiger partial charge in [0.2, 0.25) is 0 Å². The number of carbonyl (C=O) groups is 1. The molecule has 0 amide bonds. The SMILES string of the molecule is CCCC/C=C\CCCCOc1ccc(OC(=O)c2ccc(OCCC[C@@H](C)CC)cc2)cc1. The van der Waals surface area contributed by atoms with Crippen molar-refractivity contribution < 1.29 is 19.0 Å². The fraction of sp³-hybridized carbons (Fsp3) is 0.500. The van der Waals surface area contributed by atoms with Crippen LogP contribution in [0, 0.1) is 5.92 Å². The molecule has 2 aromatic carbocycles. The van der Waals surface area contributed by atoms with Crippen LogP contribution < -0.4 is 14.2 Å². The molecular formula is C30H42O4. The van der Waals surface area contributed by atoms with E-state index in [1.807, 2.05) is 24.3 Å².